The molecule has 28 heavy (non-hydrogen) atoms. The largest absolute Gasteiger partial charge is 0.341 e. The molecule has 1 fully saturated rings. The average molecular weight is 384 g/mol. The molecule has 2 aromatic rings. The molecule has 0 atom stereocenters. The zero-order valence-corrected chi connectivity index (χ0v) is 16.1. The number of rotatable bonds is 3. The number of carbonyl (C=O) groups excluding carboxylic acids is 2. The normalized spacial score (nSPS) is 14.6. The molecular formula is C20H24N4O4. The Morgan fingerprint density at radius 3 is 2.54 bits per heavy atom. The van der Waals surface area contributed by atoms with Gasteiger partial charge in [0.2, 0.25) is 5.91 Å². The summed E-state index contributed by atoms with van der Waals surface area (Å²) in [6.45, 7) is 3.78. The first-order chi connectivity index (χ1) is 13.3. The van der Waals surface area contributed by atoms with Gasteiger partial charge in [-0.2, -0.15) is 0 Å². The first-order valence-corrected chi connectivity index (χ1v) is 9.27. The predicted molar refractivity (Wildman–Crippen MR) is 104 cm³/mol. The Morgan fingerprint density at radius 1 is 1.07 bits per heavy atom. The summed E-state index contributed by atoms with van der Waals surface area (Å²) in [5, 5.41) is 0. The predicted octanol–water partition coefficient (Wildman–Crippen LogP) is 0.299. The second-order valence-corrected chi connectivity index (χ2v) is 7.11. The van der Waals surface area contributed by atoms with Crippen molar-refractivity contribution in [1.29, 1.82) is 0 Å². The molecule has 1 aliphatic rings. The fourth-order valence-corrected chi connectivity index (χ4v) is 3.36. The lowest BCUT2D eigenvalue weighted by Crippen LogP contribution is -2.41. The maximum absolute atomic E-state index is 12.7. The van der Waals surface area contributed by atoms with E-state index < -0.39 is 17.2 Å². The highest BCUT2D eigenvalue weighted by molar-refractivity contribution is 5.93. The Bertz CT molecular complexity index is 1010. The molecule has 0 aliphatic carbocycles. The Hall–Kier alpha value is -3.16. The van der Waals surface area contributed by atoms with Crippen molar-refractivity contribution in [2.75, 3.05) is 26.2 Å². The van der Waals surface area contributed by atoms with Gasteiger partial charge in [-0.05, 0) is 18.9 Å². The van der Waals surface area contributed by atoms with Crippen molar-refractivity contribution >= 4 is 11.8 Å². The third-order valence-corrected chi connectivity index (χ3v) is 4.91. The highest BCUT2D eigenvalue weighted by atomic mass is 16.2. The van der Waals surface area contributed by atoms with Crippen LogP contribution in [-0.2, 0) is 18.3 Å². The number of nitrogens with one attached hydrogen (secondary N) is 1. The lowest BCUT2D eigenvalue weighted by atomic mass is 10.1. The molecule has 2 amide bonds. The number of amides is 2. The molecule has 1 aliphatic heterocycles. The van der Waals surface area contributed by atoms with Crippen LogP contribution < -0.4 is 11.2 Å². The summed E-state index contributed by atoms with van der Waals surface area (Å²) >= 11 is 0. The van der Waals surface area contributed by atoms with E-state index in [-0.39, 0.29) is 11.5 Å². The molecule has 0 radical (unpaired) electrons. The van der Waals surface area contributed by atoms with Crippen LogP contribution in [0.5, 0.6) is 0 Å². The zero-order valence-electron chi connectivity index (χ0n) is 16.1. The number of aryl methyl sites for hydroxylation is 2. The van der Waals surface area contributed by atoms with E-state index in [4.69, 9.17) is 0 Å². The van der Waals surface area contributed by atoms with E-state index in [1.165, 1.54) is 17.8 Å². The number of nitrogens with zero attached hydrogens (tertiary/aromatic N) is 3. The molecule has 3 rings (SSSR count). The van der Waals surface area contributed by atoms with Gasteiger partial charge in [-0.25, -0.2) is 4.79 Å². The summed E-state index contributed by atoms with van der Waals surface area (Å²) in [6.07, 6.45) is 2.22. The first kappa shape index (κ1) is 19.6. The Morgan fingerprint density at radius 2 is 1.79 bits per heavy atom. The minimum atomic E-state index is -0.690. The highest BCUT2D eigenvalue weighted by Gasteiger charge is 2.24. The minimum absolute atomic E-state index is 0.0276. The van der Waals surface area contributed by atoms with Crippen LogP contribution in [0.4, 0.5) is 0 Å². The van der Waals surface area contributed by atoms with Gasteiger partial charge in [-0.1, -0.05) is 29.8 Å². The highest BCUT2D eigenvalue weighted by Crippen LogP contribution is 2.10. The first-order valence-electron chi connectivity index (χ1n) is 9.27. The average Bonchev–Trinajstić information content (AvgIpc) is 2.90. The smallest absolute Gasteiger partial charge is 0.328 e. The van der Waals surface area contributed by atoms with E-state index in [1.807, 2.05) is 31.2 Å². The fourth-order valence-electron chi connectivity index (χ4n) is 3.36. The second kappa shape index (κ2) is 8.24. The van der Waals surface area contributed by atoms with Gasteiger partial charge in [0.25, 0.3) is 11.5 Å². The van der Waals surface area contributed by atoms with Gasteiger partial charge in [0.15, 0.2) is 0 Å². The number of aromatic amines is 1. The number of hydrogen-bond acceptors (Lipinski definition) is 4. The van der Waals surface area contributed by atoms with Crippen molar-refractivity contribution in [3.05, 3.63) is 68.0 Å². The van der Waals surface area contributed by atoms with E-state index in [0.717, 1.165) is 11.1 Å². The number of carbonyl (C=O) groups is 2. The topological polar surface area (TPSA) is 95.5 Å². The van der Waals surface area contributed by atoms with Crippen molar-refractivity contribution in [2.24, 2.45) is 7.05 Å². The summed E-state index contributed by atoms with van der Waals surface area (Å²) in [7, 11) is 1.48. The molecule has 8 nitrogen and oxygen atoms in total. The van der Waals surface area contributed by atoms with E-state index in [0.29, 0.717) is 39.0 Å². The van der Waals surface area contributed by atoms with E-state index in [9.17, 15) is 19.2 Å². The van der Waals surface area contributed by atoms with Gasteiger partial charge in [0.1, 0.15) is 5.56 Å². The fraction of sp³-hybridized carbons (Fsp3) is 0.400. The molecule has 2 heterocycles. The van der Waals surface area contributed by atoms with Gasteiger partial charge < -0.3 is 14.4 Å². The maximum atomic E-state index is 12.7. The van der Waals surface area contributed by atoms with Crippen LogP contribution in [0.25, 0.3) is 0 Å². The standard InChI is InChI=1S/C20H24N4O4/c1-14-5-3-6-15(11-14)12-17(25)23-7-4-8-24(10-9-23)19(27)16-13-22(2)20(28)21-18(16)26/h3,5-6,11,13H,4,7-10,12H2,1-2H3,(H,21,26,28). The van der Waals surface area contributed by atoms with Crippen molar-refractivity contribution in [2.45, 2.75) is 19.8 Å². The molecule has 0 saturated carbocycles. The molecule has 0 spiro atoms. The van der Waals surface area contributed by atoms with Crippen molar-refractivity contribution in [1.82, 2.24) is 19.4 Å². The molecule has 1 N–H and O–H groups in total. The van der Waals surface area contributed by atoms with Crippen LogP contribution in [0.1, 0.15) is 27.9 Å². The quantitative estimate of drug-likeness (QED) is 0.823. The molecule has 1 aromatic carbocycles. The summed E-state index contributed by atoms with van der Waals surface area (Å²) in [4.78, 5) is 54.3. The number of H-pyrrole nitrogens is 1. The van der Waals surface area contributed by atoms with Gasteiger partial charge >= 0.3 is 5.69 Å². The number of hydrogen-bond donors (Lipinski definition) is 1. The molecule has 0 bridgehead atoms. The summed E-state index contributed by atoms with van der Waals surface area (Å²) in [5.41, 5.74) is 0.760. The SMILES string of the molecule is Cc1cccc(CC(=O)N2CCCN(C(=O)c3cn(C)c(=O)[nH]c3=O)CC2)c1. The van der Waals surface area contributed by atoms with Gasteiger partial charge in [0.05, 0.1) is 6.42 Å². The maximum Gasteiger partial charge on any atom is 0.328 e. The third-order valence-electron chi connectivity index (χ3n) is 4.91. The molecule has 0 unspecified atom stereocenters. The van der Waals surface area contributed by atoms with Crippen LogP contribution in [0, 0.1) is 6.92 Å². The summed E-state index contributed by atoms with van der Waals surface area (Å²) in [6, 6.07) is 7.86. The van der Waals surface area contributed by atoms with Crippen LogP contribution in [0.3, 0.4) is 0 Å². The van der Waals surface area contributed by atoms with Gasteiger partial charge in [-0.3, -0.25) is 19.4 Å². The molecule has 148 valence electrons. The van der Waals surface area contributed by atoms with E-state index in [1.54, 1.807) is 9.80 Å². The summed E-state index contributed by atoms with van der Waals surface area (Å²) in [5.74, 6) is -0.398. The van der Waals surface area contributed by atoms with Crippen molar-refractivity contribution < 1.29 is 9.59 Å². The van der Waals surface area contributed by atoms with Crippen LogP contribution in [0.15, 0.2) is 40.1 Å². The molecule has 8 heteroatoms. The molecular weight excluding hydrogens is 360 g/mol. The Balaban J connectivity index is 1.67. The van der Waals surface area contributed by atoms with Crippen LogP contribution in [-0.4, -0.2) is 57.3 Å². The Labute approximate surface area is 162 Å². The van der Waals surface area contributed by atoms with Crippen LogP contribution in [0.2, 0.25) is 0 Å². The lowest BCUT2D eigenvalue weighted by Gasteiger charge is -2.22. The monoisotopic (exact) mass is 384 g/mol. The second-order valence-electron chi connectivity index (χ2n) is 7.11. The van der Waals surface area contributed by atoms with Crippen molar-refractivity contribution in [3.63, 3.8) is 0 Å². The molecule has 1 saturated heterocycles. The van der Waals surface area contributed by atoms with Gasteiger partial charge in [0, 0.05) is 39.4 Å². The van der Waals surface area contributed by atoms with Crippen molar-refractivity contribution in [3.8, 4) is 0 Å². The third kappa shape index (κ3) is 4.39. The van der Waals surface area contributed by atoms with E-state index in [2.05, 4.69) is 4.98 Å². The number of benzene rings is 1. The minimum Gasteiger partial charge on any atom is -0.341 e. The molecule has 1 aromatic heterocycles. The number of aromatic nitrogens is 2. The lowest BCUT2D eigenvalue weighted by molar-refractivity contribution is -0.130. The summed E-state index contributed by atoms with van der Waals surface area (Å²) < 4.78 is 1.17. The van der Waals surface area contributed by atoms with Gasteiger partial charge in [-0.15, -0.1) is 0 Å². The Kier molecular flexibility index (Phi) is 5.77. The zero-order chi connectivity index (χ0) is 20.3. The van der Waals surface area contributed by atoms with E-state index >= 15 is 0 Å². The van der Waals surface area contributed by atoms with Crippen LogP contribution >= 0.6 is 0 Å².